The van der Waals surface area contributed by atoms with Crippen molar-refractivity contribution >= 4 is 17.3 Å². The summed E-state index contributed by atoms with van der Waals surface area (Å²) in [5, 5.41) is 20.5. The van der Waals surface area contributed by atoms with Crippen LogP contribution in [0.2, 0.25) is 0 Å². The number of benzene rings is 1. The van der Waals surface area contributed by atoms with Crippen molar-refractivity contribution in [3.63, 3.8) is 0 Å². The smallest absolute Gasteiger partial charge is 0.329 e. The zero-order chi connectivity index (χ0) is 14.9. The van der Waals surface area contributed by atoms with Crippen LogP contribution >= 0.6 is 0 Å². The number of hydrogen-bond donors (Lipinski definition) is 1. The lowest BCUT2D eigenvalue weighted by Gasteiger charge is -2.43. The topological polar surface area (TPSA) is 83.7 Å². The lowest BCUT2D eigenvalue weighted by molar-refractivity contribution is -0.385. The van der Waals surface area contributed by atoms with E-state index in [1.807, 2.05) is 0 Å². The SMILES string of the molecule is Cc1ccc(N2CCCCC2(C)C(=O)O)cc1[N+](=O)[O-]. The fraction of sp³-hybridized carbons (Fsp3) is 0.500. The second-order valence-electron chi connectivity index (χ2n) is 5.42. The molecule has 6 nitrogen and oxygen atoms in total. The number of nitrogens with zero attached hydrogens (tertiary/aromatic N) is 2. The number of aryl methyl sites for hydroxylation is 1. The van der Waals surface area contributed by atoms with Crippen LogP contribution in [0.3, 0.4) is 0 Å². The fourth-order valence-corrected chi connectivity index (χ4v) is 2.72. The van der Waals surface area contributed by atoms with Gasteiger partial charge in [0.25, 0.3) is 5.69 Å². The van der Waals surface area contributed by atoms with Gasteiger partial charge in [0.15, 0.2) is 0 Å². The fourth-order valence-electron chi connectivity index (χ4n) is 2.72. The number of nitro groups is 1. The first-order valence-electron chi connectivity index (χ1n) is 6.62. The van der Waals surface area contributed by atoms with Gasteiger partial charge in [-0.15, -0.1) is 0 Å². The molecular formula is C14H18N2O4. The molecule has 1 saturated heterocycles. The van der Waals surface area contributed by atoms with E-state index in [0.717, 1.165) is 12.8 Å². The van der Waals surface area contributed by atoms with E-state index in [1.54, 1.807) is 30.9 Å². The molecule has 0 aromatic heterocycles. The van der Waals surface area contributed by atoms with E-state index >= 15 is 0 Å². The van der Waals surface area contributed by atoms with Crippen LogP contribution in [-0.4, -0.2) is 28.1 Å². The highest BCUT2D eigenvalue weighted by atomic mass is 16.6. The summed E-state index contributed by atoms with van der Waals surface area (Å²) in [5.41, 5.74) is 0.210. The van der Waals surface area contributed by atoms with E-state index in [1.165, 1.54) is 6.07 Å². The van der Waals surface area contributed by atoms with Crippen LogP contribution in [0, 0.1) is 17.0 Å². The Balaban J connectivity index is 2.46. The summed E-state index contributed by atoms with van der Waals surface area (Å²) < 4.78 is 0. The molecule has 1 aromatic carbocycles. The first-order chi connectivity index (χ1) is 9.36. The summed E-state index contributed by atoms with van der Waals surface area (Å²) in [6, 6.07) is 4.90. The van der Waals surface area contributed by atoms with Gasteiger partial charge < -0.3 is 10.0 Å². The maximum Gasteiger partial charge on any atom is 0.329 e. The lowest BCUT2D eigenvalue weighted by atomic mass is 9.88. The molecule has 0 radical (unpaired) electrons. The third-order valence-electron chi connectivity index (χ3n) is 4.05. The summed E-state index contributed by atoms with van der Waals surface area (Å²) in [7, 11) is 0. The molecule has 1 unspecified atom stereocenters. The molecule has 20 heavy (non-hydrogen) atoms. The Bertz CT molecular complexity index is 558. The van der Waals surface area contributed by atoms with Crippen LogP contribution in [0.25, 0.3) is 0 Å². The average molecular weight is 278 g/mol. The Morgan fingerprint density at radius 3 is 2.75 bits per heavy atom. The molecule has 0 bridgehead atoms. The molecule has 1 N–H and O–H groups in total. The molecule has 1 aliphatic heterocycles. The molecule has 108 valence electrons. The van der Waals surface area contributed by atoms with Crippen molar-refractivity contribution in [1.82, 2.24) is 0 Å². The van der Waals surface area contributed by atoms with E-state index < -0.39 is 16.4 Å². The minimum absolute atomic E-state index is 0.0285. The minimum atomic E-state index is -0.999. The minimum Gasteiger partial charge on any atom is -0.480 e. The van der Waals surface area contributed by atoms with Gasteiger partial charge in [-0.25, -0.2) is 4.79 Å². The highest BCUT2D eigenvalue weighted by Gasteiger charge is 2.41. The van der Waals surface area contributed by atoms with E-state index in [-0.39, 0.29) is 5.69 Å². The highest BCUT2D eigenvalue weighted by Crippen LogP contribution is 2.35. The molecular weight excluding hydrogens is 260 g/mol. The predicted octanol–water partition coefficient (Wildman–Crippen LogP) is 2.74. The van der Waals surface area contributed by atoms with Crippen LogP contribution in [0.4, 0.5) is 11.4 Å². The van der Waals surface area contributed by atoms with Crippen LogP contribution in [0.5, 0.6) is 0 Å². The number of carbonyl (C=O) groups is 1. The van der Waals surface area contributed by atoms with Crippen LogP contribution in [0.15, 0.2) is 18.2 Å². The van der Waals surface area contributed by atoms with E-state index in [2.05, 4.69) is 0 Å². The predicted molar refractivity (Wildman–Crippen MR) is 75.1 cm³/mol. The summed E-state index contributed by atoms with van der Waals surface area (Å²) in [5.74, 6) is -0.888. The summed E-state index contributed by atoms with van der Waals surface area (Å²) >= 11 is 0. The summed E-state index contributed by atoms with van der Waals surface area (Å²) in [4.78, 5) is 23.9. The number of nitro benzene ring substituents is 1. The molecule has 1 aromatic rings. The Morgan fingerprint density at radius 2 is 2.15 bits per heavy atom. The van der Waals surface area contributed by atoms with Crippen LogP contribution in [0.1, 0.15) is 31.7 Å². The van der Waals surface area contributed by atoms with Gasteiger partial charge in [0.2, 0.25) is 0 Å². The zero-order valence-corrected chi connectivity index (χ0v) is 11.6. The van der Waals surface area contributed by atoms with Crippen molar-refractivity contribution in [2.24, 2.45) is 0 Å². The second-order valence-corrected chi connectivity index (χ2v) is 5.42. The molecule has 1 fully saturated rings. The van der Waals surface area contributed by atoms with Crippen molar-refractivity contribution in [2.75, 3.05) is 11.4 Å². The Kier molecular flexibility index (Phi) is 3.65. The van der Waals surface area contributed by atoms with Crippen molar-refractivity contribution in [2.45, 2.75) is 38.6 Å². The third kappa shape index (κ3) is 2.33. The van der Waals surface area contributed by atoms with Gasteiger partial charge in [-0.05, 0) is 39.2 Å². The maximum atomic E-state index is 11.6. The quantitative estimate of drug-likeness (QED) is 0.679. The van der Waals surface area contributed by atoms with Crippen molar-refractivity contribution in [1.29, 1.82) is 0 Å². The van der Waals surface area contributed by atoms with Gasteiger partial charge in [-0.2, -0.15) is 0 Å². The number of carboxylic acids is 1. The van der Waals surface area contributed by atoms with Gasteiger partial charge >= 0.3 is 5.97 Å². The average Bonchev–Trinajstić information content (AvgIpc) is 2.39. The maximum absolute atomic E-state index is 11.6. The van der Waals surface area contributed by atoms with Gasteiger partial charge in [-0.1, -0.05) is 6.07 Å². The molecule has 1 aliphatic rings. The molecule has 2 rings (SSSR count). The van der Waals surface area contributed by atoms with Gasteiger partial charge in [0.05, 0.1) is 4.92 Å². The van der Waals surface area contributed by atoms with Crippen molar-refractivity contribution in [3.05, 3.63) is 33.9 Å². The molecule has 6 heteroatoms. The number of rotatable bonds is 3. The van der Waals surface area contributed by atoms with Crippen LogP contribution < -0.4 is 4.90 Å². The number of hydrogen-bond acceptors (Lipinski definition) is 4. The Labute approximate surface area is 117 Å². The van der Waals surface area contributed by atoms with Gasteiger partial charge in [0, 0.05) is 23.9 Å². The first kappa shape index (κ1) is 14.3. The highest BCUT2D eigenvalue weighted by molar-refractivity contribution is 5.83. The van der Waals surface area contributed by atoms with Crippen LogP contribution in [-0.2, 0) is 4.79 Å². The summed E-state index contributed by atoms with van der Waals surface area (Å²) in [6.45, 7) is 3.96. The Hall–Kier alpha value is -2.11. The first-order valence-corrected chi connectivity index (χ1v) is 6.62. The third-order valence-corrected chi connectivity index (χ3v) is 4.05. The number of carboxylic acid groups (broad SMARTS) is 1. The van der Waals surface area contributed by atoms with E-state index in [0.29, 0.717) is 24.2 Å². The molecule has 0 aliphatic carbocycles. The van der Waals surface area contributed by atoms with Gasteiger partial charge in [0.1, 0.15) is 5.54 Å². The monoisotopic (exact) mass is 278 g/mol. The zero-order valence-electron chi connectivity index (χ0n) is 11.6. The standard InChI is InChI=1S/C14H18N2O4/c1-10-5-6-11(9-12(10)16(19)20)15-8-4-3-7-14(15,2)13(17)18/h5-6,9H,3-4,7-8H2,1-2H3,(H,17,18). The van der Waals surface area contributed by atoms with E-state index in [9.17, 15) is 20.0 Å². The summed E-state index contributed by atoms with van der Waals surface area (Å²) in [6.07, 6.45) is 2.29. The number of aliphatic carboxylic acids is 1. The molecule has 1 heterocycles. The van der Waals surface area contributed by atoms with E-state index in [4.69, 9.17) is 0 Å². The molecule has 0 saturated carbocycles. The second kappa shape index (κ2) is 5.11. The largest absolute Gasteiger partial charge is 0.480 e. The lowest BCUT2D eigenvalue weighted by Crippen LogP contribution is -2.55. The molecule has 1 atom stereocenters. The number of piperidine rings is 1. The van der Waals surface area contributed by atoms with Crippen molar-refractivity contribution < 1.29 is 14.8 Å². The van der Waals surface area contributed by atoms with Gasteiger partial charge in [-0.3, -0.25) is 10.1 Å². The van der Waals surface area contributed by atoms with Crippen molar-refractivity contribution in [3.8, 4) is 0 Å². The normalized spacial score (nSPS) is 22.6. The Morgan fingerprint density at radius 1 is 1.45 bits per heavy atom. The molecule has 0 spiro atoms. The number of anilines is 1. The molecule has 0 amide bonds.